The Morgan fingerprint density at radius 2 is 2.06 bits per heavy atom. The third kappa shape index (κ3) is 3.23. The second-order valence-electron chi connectivity index (χ2n) is 6.26. The summed E-state index contributed by atoms with van der Waals surface area (Å²) in [6.07, 6.45) is 8.55. The van der Waals surface area contributed by atoms with E-state index in [0.717, 1.165) is 23.9 Å². The summed E-state index contributed by atoms with van der Waals surface area (Å²) >= 11 is 0. The lowest BCUT2D eigenvalue weighted by atomic mass is 9.78. The first-order valence-corrected chi connectivity index (χ1v) is 7.65. The Hall–Kier alpha value is -0.0800. The fourth-order valence-corrected chi connectivity index (χ4v) is 3.62. The number of hydrogen-bond acceptors (Lipinski definition) is 2. The molecule has 0 aromatic heterocycles. The van der Waals surface area contributed by atoms with Crippen molar-refractivity contribution in [3.63, 3.8) is 0 Å². The molecule has 100 valence electrons. The number of rotatable bonds is 5. The second kappa shape index (κ2) is 6.19. The molecule has 2 nitrogen and oxygen atoms in total. The van der Waals surface area contributed by atoms with Crippen LogP contribution >= 0.6 is 0 Å². The summed E-state index contributed by atoms with van der Waals surface area (Å²) in [6.45, 7) is 7.41. The zero-order chi connectivity index (χ0) is 12.3. The molecule has 1 N–H and O–H groups in total. The molecule has 17 heavy (non-hydrogen) atoms. The molecule has 3 atom stereocenters. The summed E-state index contributed by atoms with van der Waals surface area (Å²) < 4.78 is 0. The maximum absolute atomic E-state index is 3.51. The molecule has 0 bridgehead atoms. The fraction of sp³-hybridized carbons (Fsp3) is 1.00. The Kier molecular flexibility index (Phi) is 4.87. The van der Waals surface area contributed by atoms with Gasteiger partial charge >= 0.3 is 0 Å². The van der Waals surface area contributed by atoms with Crippen LogP contribution in [0.4, 0.5) is 0 Å². The maximum Gasteiger partial charge on any atom is 0.0195 e. The van der Waals surface area contributed by atoms with Crippen molar-refractivity contribution in [3.8, 4) is 0 Å². The van der Waals surface area contributed by atoms with Crippen molar-refractivity contribution >= 4 is 0 Å². The first-order valence-electron chi connectivity index (χ1n) is 7.65. The predicted octanol–water partition coefficient (Wildman–Crippen LogP) is 2.89. The lowest BCUT2D eigenvalue weighted by molar-refractivity contribution is 0.0509. The van der Waals surface area contributed by atoms with E-state index >= 15 is 0 Å². The van der Waals surface area contributed by atoms with Crippen LogP contribution in [0.3, 0.4) is 0 Å². The molecule has 1 aliphatic heterocycles. The van der Waals surface area contributed by atoms with Crippen molar-refractivity contribution in [1.82, 2.24) is 10.2 Å². The SMILES string of the molecule is CCCC1CC(NC)CN(C(C)C2CCC2)C1. The highest BCUT2D eigenvalue weighted by Crippen LogP contribution is 2.34. The smallest absolute Gasteiger partial charge is 0.0195 e. The van der Waals surface area contributed by atoms with Gasteiger partial charge in [-0.15, -0.1) is 0 Å². The van der Waals surface area contributed by atoms with Gasteiger partial charge < -0.3 is 5.32 Å². The Bertz CT molecular complexity index is 225. The van der Waals surface area contributed by atoms with Gasteiger partial charge in [-0.25, -0.2) is 0 Å². The fourth-order valence-electron chi connectivity index (χ4n) is 3.62. The van der Waals surface area contributed by atoms with Crippen LogP contribution in [0.15, 0.2) is 0 Å². The number of likely N-dealkylation sites (N-methyl/N-ethyl adjacent to an activating group) is 1. The average Bonchev–Trinajstić information content (AvgIpc) is 2.26. The zero-order valence-corrected chi connectivity index (χ0v) is 11.9. The van der Waals surface area contributed by atoms with Crippen molar-refractivity contribution in [3.05, 3.63) is 0 Å². The summed E-state index contributed by atoms with van der Waals surface area (Å²) in [6, 6.07) is 1.54. The molecule has 1 heterocycles. The minimum Gasteiger partial charge on any atom is -0.316 e. The van der Waals surface area contributed by atoms with Gasteiger partial charge in [-0.1, -0.05) is 19.8 Å². The Morgan fingerprint density at radius 3 is 2.59 bits per heavy atom. The molecule has 2 aliphatic rings. The lowest BCUT2D eigenvalue weighted by Crippen LogP contribution is -2.53. The lowest BCUT2D eigenvalue weighted by Gasteiger charge is -2.45. The average molecular weight is 238 g/mol. The minimum absolute atomic E-state index is 0.725. The van der Waals surface area contributed by atoms with Gasteiger partial charge in [0.05, 0.1) is 0 Å². The van der Waals surface area contributed by atoms with Gasteiger partial charge in [0.2, 0.25) is 0 Å². The summed E-state index contributed by atoms with van der Waals surface area (Å²) in [7, 11) is 2.13. The molecule has 3 unspecified atom stereocenters. The summed E-state index contributed by atoms with van der Waals surface area (Å²) in [5.74, 6) is 1.92. The molecule has 0 amide bonds. The summed E-state index contributed by atoms with van der Waals surface area (Å²) in [4.78, 5) is 2.77. The monoisotopic (exact) mass is 238 g/mol. The molecule has 0 radical (unpaired) electrons. The van der Waals surface area contributed by atoms with E-state index in [-0.39, 0.29) is 0 Å². The van der Waals surface area contributed by atoms with Crippen molar-refractivity contribution in [2.24, 2.45) is 11.8 Å². The van der Waals surface area contributed by atoms with Gasteiger partial charge in [0.25, 0.3) is 0 Å². The maximum atomic E-state index is 3.51. The van der Waals surface area contributed by atoms with Crippen molar-refractivity contribution < 1.29 is 0 Å². The predicted molar refractivity (Wildman–Crippen MR) is 74.2 cm³/mol. The third-order valence-corrected chi connectivity index (χ3v) is 5.08. The standard InChI is InChI=1S/C15H30N2/c1-4-6-13-9-15(16-3)11-17(10-13)12(2)14-7-5-8-14/h12-16H,4-11H2,1-3H3. The van der Waals surface area contributed by atoms with Crippen LogP contribution < -0.4 is 5.32 Å². The van der Waals surface area contributed by atoms with E-state index in [1.165, 1.54) is 51.6 Å². The molecule has 0 aromatic carbocycles. The van der Waals surface area contributed by atoms with E-state index in [0.29, 0.717) is 0 Å². The molecule has 0 spiro atoms. The first kappa shape index (κ1) is 13.4. The molecular formula is C15H30N2. The molecular weight excluding hydrogens is 208 g/mol. The quantitative estimate of drug-likeness (QED) is 0.792. The van der Waals surface area contributed by atoms with Crippen LogP contribution in [0.2, 0.25) is 0 Å². The highest BCUT2D eigenvalue weighted by atomic mass is 15.2. The normalized spacial score (nSPS) is 33.4. The van der Waals surface area contributed by atoms with Gasteiger partial charge in [0.1, 0.15) is 0 Å². The van der Waals surface area contributed by atoms with Gasteiger partial charge in [-0.2, -0.15) is 0 Å². The number of hydrogen-bond donors (Lipinski definition) is 1. The summed E-state index contributed by atoms with van der Waals surface area (Å²) in [5, 5.41) is 3.51. The molecule has 1 saturated heterocycles. The molecule has 1 saturated carbocycles. The van der Waals surface area contributed by atoms with Gasteiger partial charge in [0, 0.05) is 25.2 Å². The number of nitrogens with one attached hydrogen (secondary N) is 1. The van der Waals surface area contributed by atoms with Gasteiger partial charge in [0.15, 0.2) is 0 Å². The van der Waals surface area contributed by atoms with E-state index < -0.39 is 0 Å². The zero-order valence-electron chi connectivity index (χ0n) is 11.9. The van der Waals surface area contributed by atoms with Crippen LogP contribution in [0.5, 0.6) is 0 Å². The number of piperidine rings is 1. The Morgan fingerprint density at radius 1 is 1.29 bits per heavy atom. The molecule has 1 aliphatic carbocycles. The highest BCUT2D eigenvalue weighted by molar-refractivity contribution is 4.89. The molecule has 2 fully saturated rings. The van der Waals surface area contributed by atoms with E-state index in [1.54, 1.807) is 0 Å². The first-order chi connectivity index (χ1) is 8.24. The largest absolute Gasteiger partial charge is 0.316 e. The minimum atomic E-state index is 0.725. The van der Waals surface area contributed by atoms with Crippen LogP contribution in [0, 0.1) is 11.8 Å². The number of nitrogens with zero attached hydrogens (tertiary/aromatic N) is 1. The molecule has 2 rings (SSSR count). The van der Waals surface area contributed by atoms with Crippen LogP contribution in [-0.4, -0.2) is 37.1 Å². The topological polar surface area (TPSA) is 15.3 Å². The highest BCUT2D eigenvalue weighted by Gasteiger charge is 2.33. The summed E-state index contributed by atoms with van der Waals surface area (Å²) in [5.41, 5.74) is 0. The van der Waals surface area contributed by atoms with Crippen molar-refractivity contribution in [1.29, 1.82) is 0 Å². The van der Waals surface area contributed by atoms with E-state index in [9.17, 15) is 0 Å². The second-order valence-corrected chi connectivity index (χ2v) is 6.26. The Balaban J connectivity index is 1.90. The van der Waals surface area contributed by atoms with Crippen LogP contribution in [-0.2, 0) is 0 Å². The van der Waals surface area contributed by atoms with Crippen LogP contribution in [0.1, 0.15) is 52.4 Å². The van der Waals surface area contributed by atoms with E-state index in [4.69, 9.17) is 0 Å². The van der Waals surface area contributed by atoms with Crippen molar-refractivity contribution in [2.45, 2.75) is 64.5 Å². The third-order valence-electron chi connectivity index (χ3n) is 5.08. The number of likely N-dealkylation sites (tertiary alicyclic amines) is 1. The van der Waals surface area contributed by atoms with Crippen LogP contribution in [0.25, 0.3) is 0 Å². The van der Waals surface area contributed by atoms with Crippen molar-refractivity contribution in [2.75, 3.05) is 20.1 Å². The molecule has 0 aromatic rings. The van der Waals surface area contributed by atoms with E-state index in [2.05, 4.69) is 31.1 Å². The van der Waals surface area contributed by atoms with E-state index in [1.807, 2.05) is 0 Å². The van der Waals surface area contributed by atoms with Gasteiger partial charge in [-0.05, 0) is 51.5 Å². The van der Waals surface area contributed by atoms with Gasteiger partial charge in [-0.3, -0.25) is 4.90 Å². The molecule has 2 heteroatoms. The Labute approximate surface area is 107 Å².